The van der Waals surface area contributed by atoms with E-state index in [0.29, 0.717) is 11.1 Å². The van der Waals surface area contributed by atoms with Crippen molar-refractivity contribution in [1.82, 2.24) is 14.6 Å². The number of pyridine rings is 1. The van der Waals surface area contributed by atoms with Crippen LogP contribution >= 0.6 is 11.6 Å². The molecule has 2 heterocycles. The zero-order valence-corrected chi connectivity index (χ0v) is 13.4. The molecule has 0 fully saturated rings. The van der Waals surface area contributed by atoms with E-state index in [9.17, 15) is 19.1 Å². The summed E-state index contributed by atoms with van der Waals surface area (Å²) in [5.74, 6) is -2.10. The smallest absolute Gasteiger partial charge is 0.303 e. The second-order valence-corrected chi connectivity index (χ2v) is 5.64. The SMILES string of the molecule is O=C(O)CCC(O)=c1c(=O)cc(-c2ccc(F)c(Cl)c2)c2ncnn12. The van der Waals surface area contributed by atoms with Crippen molar-refractivity contribution in [2.45, 2.75) is 12.8 Å². The van der Waals surface area contributed by atoms with Crippen LogP contribution in [0.5, 0.6) is 0 Å². The van der Waals surface area contributed by atoms with Gasteiger partial charge < -0.3 is 10.2 Å². The lowest BCUT2D eigenvalue weighted by atomic mass is 10.1. The van der Waals surface area contributed by atoms with Crippen LogP contribution in [0, 0.1) is 5.82 Å². The van der Waals surface area contributed by atoms with Crippen molar-refractivity contribution in [2.24, 2.45) is 0 Å². The number of fused-ring (bicyclic) bond motifs is 1. The van der Waals surface area contributed by atoms with E-state index >= 15 is 0 Å². The highest BCUT2D eigenvalue weighted by Gasteiger charge is 2.14. The average molecular weight is 364 g/mol. The number of aliphatic hydroxyl groups excluding tert-OH is 1. The minimum atomic E-state index is -1.11. The molecule has 0 bridgehead atoms. The summed E-state index contributed by atoms with van der Waals surface area (Å²) in [6.07, 6.45) is 0.634. The molecule has 2 N–H and O–H groups in total. The molecular weight excluding hydrogens is 353 g/mol. The standard InChI is InChI=1S/C16H11ClFN3O4/c17-10-5-8(1-2-11(10)18)9-6-13(23)15(12(22)3-4-14(24)25)21-16(9)19-7-20-21/h1-2,5-7,22H,3-4H2,(H,24,25). The van der Waals surface area contributed by atoms with Crippen LogP contribution in [0.3, 0.4) is 0 Å². The molecule has 0 atom stereocenters. The number of hydrogen-bond donors (Lipinski definition) is 2. The molecule has 3 rings (SSSR count). The first-order valence-corrected chi connectivity index (χ1v) is 7.52. The van der Waals surface area contributed by atoms with Crippen LogP contribution < -0.4 is 10.8 Å². The highest BCUT2D eigenvalue weighted by Crippen LogP contribution is 2.26. The van der Waals surface area contributed by atoms with Gasteiger partial charge in [0, 0.05) is 12.0 Å². The van der Waals surface area contributed by atoms with Crippen LogP contribution in [-0.2, 0) is 4.79 Å². The molecule has 0 saturated carbocycles. The van der Waals surface area contributed by atoms with Gasteiger partial charge in [-0.15, -0.1) is 0 Å². The fourth-order valence-electron chi connectivity index (χ4n) is 2.44. The van der Waals surface area contributed by atoms with Crippen molar-refractivity contribution in [3.63, 3.8) is 0 Å². The van der Waals surface area contributed by atoms with E-state index in [1.807, 2.05) is 0 Å². The first kappa shape index (κ1) is 16.8. The summed E-state index contributed by atoms with van der Waals surface area (Å²) in [7, 11) is 0. The fourth-order valence-corrected chi connectivity index (χ4v) is 2.62. The fraction of sp³-hybridized carbons (Fsp3) is 0.125. The monoisotopic (exact) mass is 363 g/mol. The van der Waals surface area contributed by atoms with Crippen LogP contribution in [0.4, 0.5) is 4.39 Å². The highest BCUT2D eigenvalue weighted by atomic mass is 35.5. The summed E-state index contributed by atoms with van der Waals surface area (Å²) in [5.41, 5.74) is 0.493. The number of aliphatic hydroxyl groups is 1. The Hall–Kier alpha value is -3.00. The molecule has 3 aromatic rings. The van der Waals surface area contributed by atoms with E-state index in [1.165, 1.54) is 30.6 Å². The molecule has 9 heteroatoms. The summed E-state index contributed by atoms with van der Waals surface area (Å²) in [4.78, 5) is 27.2. The summed E-state index contributed by atoms with van der Waals surface area (Å²) in [6.45, 7) is 0. The molecule has 1 aromatic carbocycles. The number of aliphatic carboxylic acids is 1. The normalized spacial score (nSPS) is 12.4. The van der Waals surface area contributed by atoms with E-state index < -0.39 is 23.0 Å². The second-order valence-electron chi connectivity index (χ2n) is 5.24. The predicted molar refractivity (Wildman–Crippen MR) is 87.8 cm³/mol. The Bertz CT molecular complexity index is 1100. The van der Waals surface area contributed by atoms with Crippen molar-refractivity contribution in [1.29, 1.82) is 0 Å². The summed E-state index contributed by atoms with van der Waals surface area (Å²) in [5, 5.41) is 22.5. The molecule has 25 heavy (non-hydrogen) atoms. The van der Waals surface area contributed by atoms with Gasteiger partial charge in [0.15, 0.2) is 11.0 Å². The number of carboxylic acid groups (broad SMARTS) is 1. The third kappa shape index (κ3) is 3.16. The van der Waals surface area contributed by atoms with Crippen LogP contribution in [-0.4, -0.2) is 30.8 Å². The zero-order valence-electron chi connectivity index (χ0n) is 12.6. The summed E-state index contributed by atoms with van der Waals surface area (Å²) >= 11 is 5.79. The highest BCUT2D eigenvalue weighted by molar-refractivity contribution is 6.31. The molecule has 0 unspecified atom stereocenters. The Morgan fingerprint density at radius 3 is 2.68 bits per heavy atom. The van der Waals surface area contributed by atoms with Crippen molar-refractivity contribution < 1.29 is 19.4 Å². The molecule has 0 radical (unpaired) electrons. The second kappa shape index (κ2) is 6.48. The van der Waals surface area contributed by atoms with Crippen molar-refractivity contribution in [3.8, 4) is 11.1 Å². The number of halogens is 2. The summed E-state index contributed by atoms with van der Waals surface area (Å²) in [6, 6.07) is 5.19. The Labute approximate surface area is 144 Å². The number of carbonyl (C=O) groups is 1. The molecular formula is C16H11ClFN3O4. The number of nitrogens with zero attached hydrogens (tertiary/aromatic N) is 3. The molecule has 2 aromatic heterocycles. The quantitative estimate of drug-likeness (QED) is 0.732. The molecule has 0 aliphatic rings. The molecule has 0 aliphatic carbocycles. The lowest BCUT2D eigenvalue weighted by Crippen LogP contribution is -2.34. The maximum atomic E-state index is 13.4. The van der Waals surface area contributed by atoms with Crippen molar-refractivity contribution >= 4 is 29.0 Å². The van der Waals surface area contributed by atoms with Crippen LogP contribution in [0.25, 0.3) is 22.5 Å². The zero-order chi connectivity index (χ0) is 18.1. The van der Waals surface area contributed by atoms with Gasteiger partial charge in [-0.3, -0.25) is 9.59 Å². The molecule has 128 valence electrons. The lowest BCUT2D eigenvalue weighted by molar-refractivity contribution is -0.136. The topological polar surface area (TPSA) is 105 Å². The van der Waals surface area contributed by atoms with Gasteiger partial charge in [-0.05, 0) is 23.8 Å². The molecule has 0 aliphatic heterocycles. The minimum Gasteiger partial charge on any atom is -0.510 e. The third-order valence-corrected chi connectivity index (χ3v) is 3.88. The number of hydrogen-bond acceptors (Lipinski definition) is 5. The Morgan fingerprint density at radius 1 is 1.24 bits per heavy atom. The van der Waals surface area contributed by atoms with Crippen LogP contribution in [0.2, 0.25) is 5.02 Å². The molecule has 0 saturated heterocycles. The number of carboxylic acids is 1. The summed E-state index contributed by atoms with van der Waals surface area (Å²) < 4.78 is 14.5. The van der Waals surface area contributed by atoms with Gasteiger partial charge in [0.05, 0.1) is 11.4 Å². The van der Waals surface area contributed by atoms with Crippen molar-refractivity contribution in [2.75, 3.05) is 0 Å². The minimum absolute atomic E-state index is 0.109. The Kier molecular flexibility index (Phi) is 4.37. The number of benzene rings is 1. The van der Waals surface area contributed by atoms with Crippen LogP contribution in [0.1, 0.15) is 12.8 Å². The maximum absolute atomic E-state index is 13.4. The lowest BCUT2D eigenvalue weighted by Gasteiger charge is -2.06. The van der Waals surface area contributed by atoms with E-state index in [-0.39, 0.29) is 28.9 Å². The molecule has 0 spiro atoms. The Morgan fingerprint density at radius 2 is 2.00 bits per heavy atom. The van der Waals surface area contributed by atoms with Crippen molar-refractivity contribution in [3.05, 3.63) is 57.0 Å². The number of aromatic nitrogens is 3. The Balaban J connectivity index is 2.26. The van der Waals surface area contributed by atoms with Gasteiger partial charge in [0.1, 0.15) is 17.9 Å². The van der Waals surface area contributed by atoms with Gasteiger partial charge in [-0.1, -0.05) is 17.7 Å². The van der Waals surface area contributed by atoms with Gasteiger partial charge in [0.25, 0.3) is 0 Å². The first-order chi connectivity index (χ1) is 11.9. The van der Waals surface area contributed by atoms with E-state index in [0.717, 1.165) is 4.52 Å². The first-order valence-electron chi connectivity index (χ1n) is 7.14. The number of rotatable bonds is 4. The van der Waals surface area contributed by atoms with Gasteiger partial charge in [0.2, 0.25) is 5.43 Å². The van der Waals surface area contributed by atoms with Crippen LogP contribution in [0.15, 0.2) is 35.4 Å². The van der Waals surface area contributed by atoms with Gasteiger partial charge >= 0.3 is 5.97 Å². The predicted octanol–water partition coefficient (Wildman–Crippen LogP) is 1.80. The van der Waals surface area contributed by atoms with E-state index in [2.05, 4.69) is 10.1 Å². The third-order valence-electron chi connectivity index (χ3n) is 3.59. The average Bonchev–Trinajstić information content (AvgIpc) is 3.03. The molecule has 0 amide bonds. The maximum Gasteiger partial charge on any atom is 0.303 e. The largest absolute Gasteiger partial charge is 0.510 e. The van der Waals surface area contributed by atoms with E-state index in [1.54, 1.807) is 0 Å². The van der Waals surface area contributed by atoms with Gasteiger partial charge in [-0.2, -0.15) is 5.10 Å². The van der Waals surface area contributed by atoms with E-state index in [4.69, 9.17) is 16.7 Å². The molecule has 7 nitrogen and oxygen atoms in total. The van der Waals surface area contributed by atoms with Gasteiger partial charge in [-0.25, -0.2) is 13.9 Å².